The molecular weight excluding hydrogens is 206 g/mol. The monoisotopic (exact) mass is 223 g/mol. The highest BCUT2D eigenvalue weighted by atomic mass is 16.5. The van der Waals surface area contributed by atoms with Gasteiger partial charge in [-0.3, -0.25) is 4.79 Å². The van der Waals surface area contributed by atoms with Crippen LogP contribution in [0.15, 0.2) is 24.3 Å². The summed E-state index contributed by atoms with van der Waals surface area (Å²) in [5.74, 6) is 0.627. The molecule has 0 heterocycles. The molecule has 16 heavy (non-hydrogen) atoms. The van der Waals surface area contributed by atoms with Crippen LogP contribution in [0.2, 0.25) is 0 Å². The fourth-order valence-electron chi connectivity index (χ4n) is 1.40. The van der Waals surface area contributed by atoms with Crippen LogP contribution in [0.5, 0.6) is 5.75 Å². The second-order valence-corrected chi connectivity index (χ2v) is 3.31. The number of benzene rings is 1. The van der Waals surface area contributed by atoms with Gasteiger partial charge in [0, 0.05) is 0 Å². The Balaban J connectivity index is 2.34. The minimum absolute atomic E-state index is 0.242. The molecule has 0 aromatic heterocycles. The van der Waals surface area contributed by atoms with Gasteiger partial charge < -0.3 is 14.8 Å². The molecule has 1 rings (SSSR count). The first-order valence-corrected chi connectivity index (χ1v) is 5.17. The van der Waals surface area contributed by atoms with Crippen LogP contribution in [0.3, 0.4) is 0 Å². The smallest absolute Gasteiger partial charge is 0.319 e. The van der Waals surface area contributed by atoms with E-state index in [1.54, 1.807) is 7.11 Å². The van der Waals surface area contributed by atoms with Crippen LogP contribution in [0.4, 0.5) is 0 Å². The summed E-state index contributed by atoms with van der Waals surface area (Å²) >= 11 is 0. The third kappa shape index (κ3) is 3.90. The lowest BCUT2D eigenvalue weighted by Crippen LogP contribution is -2.25. The van der Waals surface area contributed by atoms with E-state index in [9.17, 15) is 4.79 Å². The van der Waals surface area contributed by atoms with Crippen molar-refractivity contribution >= 4 is 5.97 Å². The summed E-state index contributed by atoms with van der Waals surface area (Å²) in [6.07, 6.45) is 0.820. The van der Waals surface area contributed by atoms with Crippen molar-refractivity contribution < 1.29 is 14.3 Å². The van der Waals surface area contributed by atoms with Crippen LogP contribution in [0.25, 0.3) is 0 Å². The topological polar surface area (TPSA) is 47.6 Å². The SMILES string of the molecule is COC(=O)CNCCc1ccccc1OC. The number of nitrogens with one attached hydrogen (secondary N) is 1. The van der Waals surface area contributed by atoms with Gasteiger partial charge in [0.05, 0.1) is 20.8 Å². The molecule has 0 atom stereocenters. The molecule has 1 aromatic carbocycles. The Labute approximate surface area is 95.6 Å². The van der Waals surface area contributed by atoms with Crippen molar-refractivity contribution in [2.24, 2.45) is 0 Å². The third-order valence-corrected chi connectivity index (χ3v) is 2.26. The molecule has 0 saturated heterocycles. The Morgan fingerprint density at radius 1 is 1.31 bits per heavy atom. The summed E-state index contributed by atoms with van der Waals surface area (Å²) in [6, 6.07) is 7.84. The first kappa shape index (κ1) is 12.5. The number of esters is 1. The first-order chi connectivity index (χ1) is 7.77. The molecule has 0 spiro atoms. The predicted molar refractivity (Wildman–Crippen MR) is 61.6 cm³/mol. The summed E-state index contributed by atoms with van der Waals surface area (Å²) in [7, 11) is 3.03. The van der Waals surface area contributed by atoms with E-state index < -0.39 is 0 Å². The molecule has 0 unspecified atom stereocenters. The first-order valence-electron chi connectivity index (χ1n) is 5.17. The van der Waals surface area contributed by atoms with Crippen LogP contribution in [0, 0.1) is 0 Å². The van der Waals surface area contributed by atoms with E-state index in [4.69, 9.17) is 4.74 Å². The van der Waals surface area contributed by atoms with E-state index in [1.807, 2.05) is 24.3 Å². The number of hydrogen-bond acceptors (Lipinski definition) is 4. The van der Waals surface area contributed by atoms with Crippen molar-refractivity contribution in [3.63, 3.8) is 0 Å². The van der Waals surface area contributed by atoms with Crippen LogP contribution < -0.4 is 10.1 Å². The highest BCUT2D eigenvalue weighted by molar-refractivity contribution is 5.71. The van der Waals surface area contributed by atoms with Gasteiger partial charge in [0.2, 0.25) is 0 Å². The molecule has 0 aliphatic heterocycles. The van der Waals surface area contributed by atoms with Gasteiger partial charge in [0.15, 0.2) is 0 Å². The van der Waals surface area contributed by atoms with Gasteiger partial charge in [-0.25, -0.2) is 0 Å². The lowest BCUT2D eigenvalue weighted by atomic mass is 10.1. The standard InChI is InChI=1S/C12H17NO3/c1-15-11-6-4-3-5-10(11)7-8-13-9-12(14)16-2/h3-6,13H,7-9H2,1-2H3. The van der Waals surface area contributed by atoms with E-state index in [-0.39, 0.29) is 12.5 Å². The van der Waals surface area contributed by atoms with Gasteiger partial charge in [-0.15, -0.1) is 0 Å². The number of methoxy groups -OCH3 is 2. The number of hydrogen-bond donors (Lipinski definition) is 1. The maximum Gasteiger partial charge on any atom is 0.319 e. The minimum atomic E-state index is -0.250. The van der Waals surface area contributed by atoms with E-state index in [2.05, 4.69) is 10.1 Å². The average molecular weight is 223 g/mol. The van der Waals surface area contributed by atoms with E-state index >= 15 is 0 Å². The molecule has 4 nitrogen and oxygen atoms in total. The molecule has 0 saturated carbocycles. The van der Waals surface area contributed by atoms with E-state index in [1.165, 1.54) is 7.11 Å². The van der Waals surface area contributed by atoms with Crippen LogP contribution in [-0.4, -0.2) is 33.3 Å². The summed E-state index contributed by atoms with van der Waals surface area (Å²) in [5, 5.41) is 3.01. The molecule has 0 radical (unpaired) electrons. The lowest BCUT2D eigenvalue weighted by molar-refractivity contribution is -0.139. The van der Waals surface area contributed by atoms with Crippen LogP contribution in [0.1, 0.15) is 5.56 Å². The van der Waals surface area contributed by atoms with E-state index in [0.29, 0.717) is 0 Å². The van der Waals surface area contributed by atoms with Crippen molar-refractivity contribution in [3.8, 4) is 5.75 Å². The van der Waals surface area contributed by atoms with Gasteiger partial charge in [-0.2, -0.15) is 0 Å². The molecule has 88 valence electrons. The Morgan fingerprint density at radius 2 is 2.06 bits per heavy atom. The molecule has 1 N–H and O–H groups in total. The molecule has 0 fully saturated rings. The molecule has 1 aromatic rings. The molecule has 0 aliphatic rings. The van der Waals surface area contributed by atoms with Crippen LogP contribution >= 0.6 is 0 Å². The van der Waals surface area contributed by atoms with Crippen molar-refractivity contribution in [3.05, 3.63) is 29.8 Å². The maximum absolute atomic E-state index is 10.8. The average Bonchev–Trinajstić information content (AvgIpc) is 2.34. The fourth-order valence-corrected chi connectivity index (χ4v) is 1.40. The normalized spacial score (nSPS) is 9.88. The summed E-state index contributed by atoms with van der Waals surface area (Å²) in [6.45, 7) is 0.959. The molecule has 4 heteroatoms. The highest BCUT2D eigenvalue weighted by Crippen LogP contribution is 2.16. The number of rotatable bonds is 6. The van der Waals surface area contributed by atoms with Crippen molar-refractivity contribution in [2.45, 2.75) is 6.42 Å². The third-order valence-electron chi connectivity index (χ3n) is 2.26. The molecule has 0 aliphatic carbocycles. The number of ether oxygens (including phenoxy) is 2. The Kier molecular flexibility index (Phi) is 5.36. The van der Waals surface area contributed by atoms with Gasteiger partial charge in [-0.05, 0) is 24.6 Å². The number of para-hydroxylation sites is 1. The van der Waals surface area contributed by atoms with Gasteiger partial charge in [0.1, 0.15) is 5.75 Å². The zero-order chi connectivity index (χ0) is 11.8. The van der Waals surface area contributed by atoms with Crippen molar-refractivity contribution in [2.75, 3.05) is 27.3 Å². The summed E-state index contributed by atoms with van der Waals surface area (Å²) in [4.78, 5) is 10.8. The summed E-state index contributed by atoms with van der Waals surface area (Å²) in [5.41, 5.74) is 1.13. The van der Waals surface area contributed by atoms with E-state index in [0.717, 1.165) is 24.3 Å². The fraction of sp³-hybridized carbons (Fsp3) is 0.417. The Bertz CT molecular complexity index is 339. The number of carbonyl (C=O) groups is 1. The second-order valence-electron chi connectivity index (χ2n) is 3.31. The molecule has 0 bridgehead atoms. The second kappa shape index (κ2) is 6.85. The zero-order valence-corrected chi connectivity index (χ0v) is 9.66. The lowest BCUT2D eigenvalue weighted by Gasteiger charge is -2.08. The van der Waals surface area contributed by atoms with Crippen molar-refractivity contribution in [1.82, 2.24) is 5.32 Å². The largest absolute Gasteiger partial charge is 0.496 e. The van der Waals surface area contributed by atoms with Gasteiger partial charge >= 0.3 is 5.97 Å². The summed E-state index contributed by atoms with van der Waals surface area (Å²) < 4.78 is 9.75. The van der Waals surface area contributed by atoms with Crippen LogP contribution in [-0.2, 0) is 16.0 Å². The Hall–Kier alpha value is -1.55. The van der Waals surface area contributed by atoms with Gasteiger partial charge in [-0.1, -0.05) is 18.2 Å². The quantitative estimate of drug-likeness (QED) is 0.577. The molecular formula is C12H17NO3. The predicted octanol–water partition coefficient (Wildman–Crippen LogP) is 1.00. The molecule has 0 amide bonds. The zero-order valence-electron chi connectivity index (χ0n) is 9.66. The minimum Gasteiger partial charge on any atom is -0.496 e. The maximum atomic E-state index is 10.8. The van der Waals surface area contributed by atoms with Crippen molar-refractivity contribution in [1.29, 1.82) is 0 Å². The van der Waals surface area contributed by atoms with Gasteiger partial charge in [0.25, 0.3) is 0 Å². The Morgan fingerprint density at radius 3 is 2.75 bits per heavy atom. The number of carbonyl (C=O) groups excluding carboxylic acids is 1. The highest BCUT2D eigenvalue weighted by Gasteiger charge is 2.02.